The van der Waals surface area contributed by atoms with Crippen LogP contribution in [0.25, 0.3) is 22.4 Å². The van der Waals surface area contributed by atoms with E-state index in [4.69, 9.17) is 4.74 Å². The number of para-hydroxylation sites is 1. The highest BCUT2D eigenvalue weighted by molar-refractivity contribution is 5.98. The van der Waals surface area contributed by atoms with E-state index >= 15 is 0 Å². The molecule has 160 valence electrons. The van der Waals surface area contributed by atoms with Crippen LogP contribution in [-0.2, 0) is 0 Å². The molecule has 1 amide bonds. The number of hydrogen-bond acceptors (Lipinski definition) is 7. The van der Waals surface area contributed by atoms with Crippen LogP contribution in [0.5, 0.6) is 11.5 Å². The van der Waals surface area contributed by atoms with Crippen molar-refractivity contribution < 1.29 is 19.6 Å². The number of nitro benzene ring substituents is 1. The van der Waals surface area contributed by atoms with Gasteiger partial charge in [0.05, 0.1) is 34.8 Å². The van der Waals surface area contributed by atoms with Crippen molar-refractivity contribution >= 4 is 28.8 Å². The number of rotatable bonds is 6. The third-order valence-corrected chi connectivity index (χ3v) is 4.68. The number of H-pyrrole nitrogens is 1. The monoisotopic (exact) mass is 431 g/mol. The Morgan fingerprint density at radius 2 is 2.03 bits per heavy atom. The van der Waals surface area contributed by atoms with Crippen LogP contribution in [0.1, 0.15) is 15.9 Å². The van der Waals surface area contributed by atoms with Gasteiger partial charge in [-0.25, -0.2) is 10.4 Å². The van der Waals surface area contributed by atoms with Crippen LogP contribution >= 0.6 is 0 Å². The molecule has 0 bridgehead atoms. The maximum Gasteiger partial charge on any atom is 0.311 e. The molecule has 3 aromatic carbocycles. The summed E-state index contributed by atoms with van der Waals surface area (Å²) in [6.07, 6.45) is 1.30. The van der Waals surface area contributed by atoms with E-state index in [9.17, 15) is 20.0 Å². The summed E-state index contributed by atoms with van der Waals surface area (Å²) in [6.45, 7) is 0. The number of aromatic nitrogens is 2. The Labute approximate surface area is 181 Å². The van der Waals surface area contributed by atoms with Gasteiger partial charge in [-0.2, -0.15) is 5.10 Å². The number of hydrogen-bond donors (Lipinski definition) is 3. The zero-order valence-corrected chi connectivity index (χ0v) is 16.8. The Morgan fingerprint density at radius 1 is 1.22 bits per heavy atom. The van der Waals surface area contributed by atoms with E-state index in [0.717, 1.165) is 0 Å². The summed E-state index contributed by atoms with van der Waals surface area (Å²) in [5.41, 5.74) is 4.75. The standard InChI is InChI=1S/C22H17N5O5/c1-32-20-9-6-13(10-18(20)27(30)31)12-23-26-22(29)14-7-8-16-17(11-14)25-21(24-16)15-4-2-3-5-19(15)28/h2-12,28H,1H3,(H,24,25)(H,26,29)/b23-12+. The lowest BCUT2D eigenvalue weighted by molar-refractivity contribution is -0.385. The van der Waals surface area contributed by atoms with Crippen molar-refractivity contribution in [3.8, 4) is 22.9 Å². The van der Waals surface area contributed by atoms with Crippen LogP contribution in [0, 0.1) is 10.1 Å². The molecule has 10 nitrogen and oxygen atoms in total. The molecule has 4 rings (SSSR count). The molecule has 3 N–H and O–H groups in total. The van der Waals surface area contributed by atoms with E-state index in [0.29, 0.717) is 33.5 Å². The van der Waals surface area contributed by atoms with Gasteiger partial charge in [-0.05, 0) is 42.5 Å². The van der Waals surface area contributed by atoms with Crippen molar-refractivity contribution in [1.82, 2.24) is 15.4 Å². The van der Waals surface area contributed by atoms with Crippen molar-refractivity contribution in [3.05, 3.63) is 81.9 Å². The number of carbonyl (C=O) groups is 1. The maximum atomic E-state index is 12.5. The normalized spacial score (nSPS) is 11.0. The highest BCUT2D eigenvalue weighted by Gasteiger charge is 2.15. The SMILES string of the molecule is COc1ccc(/C=N/NC(=O)c2ccc3nc(-c4ccccc4O)[nH]c3c2)cc1[N+](=O)[O-]. The number of nitrogens with zero attached hydrogens (tertiary/aromatic N) is 3. The van der Waals surface area contributed by atoms with Crippen molar-refractivity contribution in [2.24, 2.45) is 5.10 Å². The summed E-state index contributed by atoms with van der Waals surface area (Å²) < 4.78 is 4.96. The largest absolute Gasteiger partial charge is 0.507 e. The molecule has 1 aromatic heterocycles. The van der Waals surface area contributed by atoms with Crippen molar-refractivity contribution in [2.75, 3.05) is 7.11 Å². The molecular weight excluding hydrogens is 414 g/mol. The summed E-state index contributed by atoms with van der Waals surface area (Å²) in [7, 11) is 1.35. The second-order valence-corrected chi connectivity index (χ2v) is 6.72. The van der Waals surface area contributed by atoms with Gasteiger partial charge in [0, 0.05) is 17.2 Å². The molecule has 0 saturated carbocycles. The lowest BCUT2D eigenvalue weighted by Crippen LogP contribution is -2.17. The molecular formula is C22H17N5O5. The van der Waals surface area contributed by atoms with Crippen LogP contribution in [0.3, 0.4) is 0 Å². The Bertz CT molecular complexity index is 1360. The Balaban J connectivity index is 1.51. The fourth-order valence-electron chi connectivity index (χ4n) is 3.11. The molecule has 0 unspecified atom stereocenters. The first kappa shape index (κ1) is 20.5. The lowest BCUT2D eigenvalue weighted by Gasteiger charge is -2.02. The number of benzene rings is 3. The number of carbonyl (C=O) groups excluding carboxylic acids is 1. The minimum Gasteiger partial charge on any atom is -0.507 e. The number of amides is 1. The number of nitro groups is 1. The molecule has 0 atom stereocenters. The van der Waals surface area contributed by atoms with Gasteiger partial charge in [-0.1, -0.05) is 12.1 Å². The first-order chi connectivity index (χ1) is 15.5. The number of hydrazone groups is 1. The number of imidazole rings is 1. The summed E-state index contributed by atoms with van der Waals surface area (Å²) in [4.78, 5) is 30.5. The van der Waals surface area contributed by atoms with E-state index < -0.39 is 10.8 Å². The second-order valence-electron chi connectivity index (χ2n) is 6.72. The Morgan fingerprint density at radius 3 is 2.78 bits per heavy atom. The van der Waals surface area contributed by atoms with Gasteiger partial charge in [-0.15, -0.1) is 0 Å². The summed E-state index contributed by atoms with van der Waals surface area (Å²) in [5.74, 6) is 0.240. The fourth-order valence-corrected chi connectivity index (χ4v) is 3.11. The maximum absolute atomic E-state index is 12.5. The van der Waals surface area contributed by atoms with Gasteiger partial charge < -0.3 is 14.8 Å². The molecule has 0 radical (unpaired) electrons. The number of aromatic amines is 1. The van der Waals surface area contributed by atoms with Gasteiger partial charge in [0.1, 0.15) is 11.6 Å². The van der Waals surface area contributed by atoms with E-state index in [1.807, 2.05) is 0 Å². The molecule has 1 heterocycles. The minimum atomic E-state index is -0.558. The smallest absolute Gasteiger partial charge is 0.311 e. The van der Waals surface area contributed by atoms with Gasteiger partial charge in [0.2, 0.25) is 0 Å². The van der Waals surface area contributed by atoms with Crippen molar-refractivity contribution in [1.29, 1.82) is 0 Å². The number of phenols is 1. The number of methoxy groups -OCH3 is 1. The minimum absolute atomic E-state index is 0.0950. The average Bonchev–Trinajstić information content (AvgIpc) is 3.22. The highest BCUT2D eigenvalue weighted by atomic mass is 16.6. The van der Waals surface area contributed by atoms with Gasteiger partial charge in [-0.3, -0.25) is 14.9 Å². The molecule has 0 aliphatic rings. The predicted octanol–water partition coefficient (Wildman–Crippen LogP) is 3.62. The first-order valence-corrected chi connectivity index (χ1v) is 9.40. The van der Waals surface area contributed by atoms with Crippen molar-refractivity contribution in [2.45, 2.75) is 0 Å². The van der Waals surface area contributed by atoms with Crippen LogP contribution in [0.4, 0.5) is 5.69 Å². The van der Waals surface area contributed by atoms with E-state index in [-0.39, 0.29) is 17.2 Å². The number of ether oxygens (including phenoxy) is 1. The predicted molar refractivity (Wildman–Crippen MR) is 118 cm³/mol. The molecule has 0 fully saturated rings. The van der Waals surface area contributed by atoms with E-state index in [1.54, 1.807) is 48.5 Å². The summed E-state index contributed by atoms with van der Waals surface area (Å²) >= 11 is 0. The first-order valence-electron chi connectivity index (χ1n) is 9.40. The highest BCUT2D eigenvalue weighted by Crippen LogP contribution is 2.28. The van der Waals surface area contributed by atoms with Crippen molar-refractivity contribution in [3.63, 3.8) is 0 Å². The number of phenolic OH excluding ortho intramolecular Hbond substituents is 1. The van der Waals surface area contributed by atoms with Gasteiger partial charge in [0.25, 0.3) is 5.91 Å². The topological polar surface area (TPSA) is 143 Å². The molecule has 32 heavy (non-hydrogen) atoms. The van der Waals surface area contributed by atoms with Crippen LogP contribution in [-0.4, -0.2) is 39.2 Å². The fraction of sp³-hybridized carbons (Fsp3) is 0.0455. The molecule has 4 aromatic rings. The quantitative estimate of drug-likeness (QED) is 0.242. The van der Waals surface area contributed by atoms with Crippen LogP contribution in [0.15, 0.2) is 65.8 Å². The zero-order valence-electron chi connectivity index (χ0n) is 16.8. The lowest BCUT2D eigenvalue weighted by atomic mass is 10.2. The molecule has 0 aliphatic heterocycles. The number of aromatic hydroxyl groups is 1. The molecule has 10 heteroatoms. The van der Waals surface area contributed by atoms with Crippen LogP contribution < -0.4 is 10.2 Å². The zero-order chi connectivity index (χ0) is 22.7. The van der Waals surface area contributed by atoms with Gasteiger partial charge in [0.15, 0.2) is 5.75 Å². The average molecular weight is 431 g/mol. The second kappa shape index (κ2) is 8.56. The number of fused-ring (bicyclic) bond motifs is 1. The third kappa shape index (κ3) is 4.10. The van der Waals surface area contributed by atoms with Gasteiger partial charge >= 0.3 is 5.69 Å². The Kier molecular flexibility index (Phi) is 5.49. The van der Waals surface area contributed by atoms with E-state index in [1.165, 1.54) is 25.5 Å². The van der Waals surface area contributed by atoms with Crippen LogP contribution in [0.2, 0.25) is 0 Å². The summed E-state index contributed by atoms with van der Waals surface area (Å²) in [6, 6.07) is 16.0. The molecule has 0 aliphatic carbocycles. The Hall–Kier alpha value is -4.73. The molecule has 0 saturated heterocycles. The van der Waals surface area contributed by atoms with E-state index in [2.05, 4.69) is 20.5 Å². The molecule has 0 spiro atoms. The third-order valence-electron chi connectivity index (χ3n) is 4.68. The summed E-state index contributed by atoms with van der Waals surface area (Å²) in [5, 5.41) is 25.0. The number of nitrogens with one attached hydrogen (secondary N) is 2.